The maximum atomic E-state index is 13.8. The summed E-state index contributed by atoms with van der Waals surface area (Å²) >= 11 is 2.42. The van der Waals surface area contributed by atoms with E-state index in [2.05, 4.69) is 55.1 Å². The first kappa shape index (κ1) is 52.3. The van der Waals surface area contributed by atoms with Crippen LogP contribution >= 0.6 is 22.7 Å². The molecule has 3 saturated heterocycles. The third kappa shape index (κ3) is 12.3. The van der Waals surface area contributed by atoms with Gasteiger partial charge in [0.15, 0.2) is 10.0 Å². The smallest absolute Gasteiger partial charge is 0.280 e. The molecule has 2 bridgehead atoms. The van der Waals surface area contributed by atoms with E-state index in [-0.39, 0.29) is 59.0 Å². The molecule has 71 heavy (non-hydrogen) atoms. The molecular formula is C53H74N10O6S2. The molecule has 3 atom stereocenters. The molecule has 4 aromatic heterocycles. The lowest BCUT2D eigenvalue weighted by atomic mass is 9.80. The van der Waals surface area contributed by atoms with Crippen molar-refractivity contribution in [1.82, 2.24) is 40.4 Å². The maximum absolute atomic E-state index is 13.8. The Morgan fingerprint density at radius 1 is 0.662 bits per heavy atom. The lowest BCUT2D eigenvalue weighted by Crippen LogP contribution is -2.38. The molecule has 3 aliphatic heterocycles. The number of pyridine rings is 2. The average Bonchev–Trinajstić information content (AvgIpc) is 4.12. The van der Waals surface area contributed by atoms with E-state index in [4.69, 9.17) is 0 Å². The standard InChI is InChI=1S/C27H37N5O3S.C26H37N5O3S/c1-15-12-21(30-16(2)17-6-5-7-17)28-13-20(15)23-22(26(34)32-18-8-9-19(32)11-10-18)31-25(36-23)24(33)29-14-27(3,4)35;1-15-12-20(29-17(3)18-9-6-10-18)27-13-19(15)22-21(25(33)31-11-7-8-16(31)2)30-24(35-22)23(32)28-14-26(4,5)34/h12-13,16-19,35H,5-11,14H2,1-4H3,(H,28,30)(H,29,33);12-13,16-18,34H,6-11,14H2,1-5H3,(H,27,29)(H,28,32)/t16-,18?,19?;16-,17+/m00/s1. The van der Waals surface area contributed by atoms with E-state index in [1.807, 2.05) is 42.7 Å². The lowest BCUT2D eigenvalue weighted by molar-refractivity contribution is 0.0692. The molecule has 0 unspecified atom stereocenters. The van der Waals surface area contributed by atoms with Gasteiger partial charge in [0.2, 0.25) is 0 Å². The van der Waals surface area contributed by atoms with Crippen LogP contribution in [0, 0.1) is 25.7 Å². The third-order valence-electron chi connectivity index (χ3n) is 15.1. The maximum Gasteiger partial charge on any atom is 0.280 e. The highest BCUT2D eigenvalue weighted by atomic mass is 32.1. The van der Waals surface area contributed by atoms with E-state index in [9.17, 15) is 29.4 Å². The molecule has 16 nitrogen and oxygen atoms in total. The van der Waals surface area contributed by atoms with Gasteiger partial charge < -0.3 is 41.3 Å². The van der Waals surface area contributed by atoms with Crippen LogP contribution in [-0.2, 0) is 0 Å². The molecular weight excluding hydrogens is 937 g/mol. The number of hydrogen-bond donors (Lipinski definition) is 6. The van der Waals surface area contributed by atoms with Crippen LogP contribution in [0.3, 0.4) is 0 Å². The molecule has 384 valence electrons. The number of rotatable bonds is 16. The summed E-state index contributed by atoms with van der Waals surface area (Å²) in [6.07, 6.45) is 17.3. The molecule has 4 amide bonds. The van der Waals surface area contributed by atoms with E-state index < -0.39 is 17.1 Å². The normalized spacial score (nSPS) is 20.9. The number of likely N-dealkylation sites (tertiary alicyclic amines) is 1. The predicted octanol–water partition coefficient (Wildman–Crippen LogP) is 8.62. The van der Waals surface area contributed by atoms with Gasteiger partial charge in [-0.3, -0.25) is 19.2 Å². The molecule has 0 radical (unpaired) electrons. The zero-order valence-electron chi connectivity index (χ0n) is 43.0. The Hall–Kier alpha value is -5.04. The Labute approximate surface area is 426 Å². The third-order valence-corrected chi connectivity index (χ3v) is 17.3. The van der Waals surface area contributed by atoms with Crippen molar-refractivity contribution < 1.29 is 29.4 Å². The highest BCUT2D eigenvalue weighted by molar-refractivity contribution is 7.17. The van der Waals surface area contributed by atoms with Gasteiger partial charge in [-0.05, 0) is 162 Å². The fourth-order valence-corrected chi connectivity index (χ4v) is 12.4. The predicted molar refractivity (Wildman–Crippen MR) is 280 cm³/mol. The lowest BCUT2D eigenvalue weighted by Gasteiger charge is -2.32. The second-order valence-corrected chi connectivity index (χ2v) is 24.1. The van der Waals surface area contributed by atoms with E-state index in [0.717, 1.165) is 72.4 Å². The molecule has 4 aromatic rings. The van der Waals surface area contributed by atoms with Crippen LogP contribution in [0.2, 0.25) is 0 Å². The first-order valence-electron chi connectivity index (χ1n) is 25.8. The average molecular weight is 1010 g/mol. The number of fused-ring (bicyclic) bond motifs is 2. The number of anilines is 2. The summed E-state index contributed by atoms with van der Waals surface area (Å²) in [6, 6.07) is 5.44. The Bertz CT molecular complexity index is 2570. The van der Waals surface area contributed by atoms with Crippen LogP contribution in [0.25, 0.3) is 20.9 Å². The molecule has 2 aliphatic carbocycles. The molecule has 0 aromatic carbocycles. The van der Waals surface area contributed by atoms with Gasteiger partial charge in [0, 0.05) is 73.4 Å². The molecule has 6 N–H and O–H groups in total. The Balaban J connectivity index is 0.000000191. The van der Waals surface area contributed by atoms with Gasteiger partial charge in [0.25, 0.3) is 23.6 Å². The number of hydrogen-bond acceptors (Lipinski definition) is 14. The van der Waals surface area contributed by atoms with Crippen molar-refractivity contribution in [2.24, 2.45) is 11.8 Å². The van der Waals surface area contributed by atoms with E-state index >= 15 is 0 Å². The summed E-state index contributed by atoms with van der Waals surface area (Å²) in [4.78, 5) is 76.6. The van der Waals surface area contributed by atoms with E-state index in [1.165, 1.54) is 61.2 Å². The van der Waals surface area contributed by atoms with Gasteiger partial charge in [-0.25, -0.2) is 19.9 Å². The summed E-state index contributed by atoms with van der Waals surface area (Å²) < 4.78 is 0. The van der Waals surface area contributed by atoms with Gasteiger partial charge in [-0.15, -0.1) is 22.7 Å². The fraction of sp³-hybridized carbons (Fsp3) is 0.623. The second-order valence-electron chi connectivity index (χ2n) is 22.1. The topological polar surface area (TPSA) is 215 Å². The van der Waals surface area contributed by atoms with E-state index in [1.54, 1.807) is 40.1 Å². The largest absolute Gasteiger partial charge is 0.389 e. The minimum atomic E-state index is -1.04. The summed E-state index contributed by atoms with van der Waals surface area (Å²) in [5, 5.41) is 33.0. The highest BCUT2D eigenvalue weighted by Crippen LogP contribution is 2.42. The molecule has 0 spiro atoms. The van der Waals surface area contributed by atoms with E-state index in [0.29, 0.717) is 51.6 Å². The molecule has 9 rings (SSSR count). The van der Waals surface area contributed by atoms with Crippen molar-refractivity contribution in [2.75, 3.05) is 30.3 Å². The number of nitrogens with zero attached hydrogens (tertiary/aromatic N) is 6. The Kier molecular flexibility index (Phi) is 15.9. The number of thiazole rings is 2. The number of nitrogens with one attached hydrogen (secondary N) is 4. The summed E-state index contributed by atoms with van der Waals surface area (Å²) in [6.45, 7) is 17.9. The quantitative estimate of drug-likeness (QED) is 0.0622. The minimum Gasteiger partial charge on any atom is -0.389 e. The minimum absolute atomic E-state index is 0.0898. The van der Waals surface area contributed by atoms with Gasteiger partial charge in [0.1, 0.15) is 23.0 Å². The molecule has 5 fully saturated rings. The van der Waals surface area contributed by atoms with Gasteiger partial charge in [0.05, 0.1) is 21.0 Å². The first-order valence-corrected chi connectivity index (χ1v) is 27.4. The van der Waals surface area contributed by atoms with Crippen molar-refractivity contribution in [3.8, 4) is 20.9 Å². The van der Waals surface area contributed by atoms with Gasteiger partial charge in [-0.1, -0.05) is 12.8 Å². The van der Waals surface area contributed by atoms with Gasteiger partial charge in [-0.2, -0.15) is 0 Å². The zero-order chi connectivity index (χ0) is 50.9. The summed E-state index contributed by atoms with van der Waals surface area (Å²) in [7, 11) is 0. The van der Waals surface area contributed by atoms with Crippen LogP contribution < -0.4 is 21.3 Å². The number of carbonyl (C=O) groups is 4. The first-order chi connectivity index (χ1) is 33.6. The van der Waals surface area contributed by atoms with Crippen LogP contribution in [-0.4, -0.2) is 125 Å². The second kappa shape index (κ2) is 21.6. The fourth-order valence-electron chi connectivity index (χ4n) is 10.3. The van der Waals surface area contributed by atoms with Gasteiger partial charge >= 0.3 is 0 Å². The van der Waals surface area contributed by atoms with Crippen molar-refractivity contribution >= 4 is 57.9 Å². The van der Waals surface area contributed by atoms with Crippen molar-refractivity contribution in [3.05, 3.63) is 57.1 Å². The Morgan fingerprint density at radius 3 is 1.44 bits per heavy atom. The molecule has 18 heteroatoms. The van der Waals surface area contributed by atoms with Crippen LogP contribution in [0.15, 0.2) is 24.5 Å². The monoisotopic (exact) mass is 1010 g/mol. The van der Waals surface area contributed by atoms with Crippen LogP contribution in [0.1, 0.15) is 177 Å². The van der Waals surface area contributed by atoms with Crippen molar-refractivity contribution in [1.29, 1.82) is 0 Å². The number of aromatic nitrogens is 4. The number of amides is 4. The number of carbonyl (C=O) groups excluding carboxylic acids is 4. The molecule has 2 saturated carbocycles. The highest BCUT2D eigenvalue weighted by Gasteiger charge is 2.44. The zero-order valence-corrected chi connectivity index (χ0v) is 44.6. The molecule has 5 aliphatic rings. The van der Waals surface area contributed by atoms with Crippen molar-refractivity contribution in [2.45, 2.75) is 181 Å². The molecule has 7 heterocycles. The van der Waals surface area contributed by atoms with Crippen LogP contribution in [0.5, 0.6) is 0 Å². The SMILES string of the molecule is Cc1cc(N[C@@H](C)C2CCC2)ncc1-c1sc(C(=O)NCC(C)(C)O)nc1C(=O)N1C2CCC1CC2.Cc1cc(N[C@H](C)C2CCC2)ncc1-c1sc(C(=O)NCC(C)(C)O)nc1C(=O)N1CCC[C@@H]1C. The van der Waals surface area contributed by atoms with Crippen LogP contribution in [0.4, 0.5) is 11.6 Å². The Morgan fingerprint density at radius 2 is 1.08 bits per heavy atom. The number of aryl methyl sites for hydroxylation is 2. The summed E-state index contributed by atoms with van der Waals surface area (Å²) in [5.41, 5.74) is 2.14. The number of aliphatic hydroxyl groups is 2. The summed E-state index contributed by atoms with van der Waals surface area (Å²) in [5.74, 6) is 2.01. The van der Waals surface area contributed by atoms with Crippen molar-refractivity contribution in [3.63, 3.8) is 0 Å².